The van der Waals surface area contributed by atoms with Gasteiger partial charge < -0.3 is 23.7 Å². The van der Waals surface area contributed by atoms with Gasteiger partial charge in [-0.3, -0.25) is 4.79 Å². The van der Waals surface area contributed by atoms with Gasteiger partial charge in [-0.2, -0.15) is 14.9 Å². The number of aromatic nitrogens is 6. The fourth-order valence-corrected chi connectivity index (χ4v) is 6.70. The summed E-state index contributed by atoms with van der Waals surface area (Å²) >= 11 is 20.8. The van der Waals surface area contributed by atoms with Crippen LogP contribution in [0, 0.1) is 16.7 Å². The minimum Gasteiger partial charge on any atom is -0.465 e. The summed E-state index contributed by atoms with van der Waals surface area (Å²) in [5.41, 5.74) is 1.79. The molecule has 0 saturated heterocycles. The van der Waals surface area contributed by atoms with E-state index in [1.54, 1.807) is 24.3 Å². The fraction of sp³-hybridized carbons (Fsp3) is 0.444. The Kier molecular flexibility index (Phi) is 19.3. The van der Waals surface area contributed by atoms with Gasteiger partial charge in [-0.05, 0) is 65.8 Å². The molecule has 5 aromatic rings. The summed E-state index contributed by atoms with van der Waals surface area (Å²) in [5.74, 6) is -1.82. The molecule has 0 aliphatic carbocycles. The summed E-state index contributed by atoms with van der Waals surface area (Å²) < 4.78 is 31.9. The molecule has 2 heterocycles. The summed E-state index contributed by atoms with van der Waals surface area (Å²) in [5, 5.41) is 8.92. The van der Waals surface area contributed by atoms with Crippen molar-refractivity contribution in [3.63, 3.8) is 0 Å². The summed E-state index contributed by atoms with van der Waals surface area (Å²) in [7, 11) is 1.30. The third-order valence-corrected chi connectivity index (χ3v) is 12.5. The predicted molar refractivity (Wildman–Crippen MR) is 245 cm³/mol. The highest BCUT2D eigenvalue weighted by atomic mass is 79.9. The molecule has 3 aromatic carbocycles. The minimum atomic E-state index is -1.46. The second kappa shape index (κ2) is 23.8. The molecule has 5 rings (SSSR count). The van der Waals surface area contributed by atoms with Crippen molar-refractivity contribution in [3.05, 3.63) is 110 Å². The Bertz CT molecular complexity index is 2150. The number of esters is 3. The van der Waals surface area contributed by atoms with Crippen molar-refractivity contribution in [1.29, 1.82) is 0 Å². The largest absolute Gasteiger partial charge is 0.465 e. The Labute approximate surface area is 392 Å². The molecule has 0 N–H and O–H groups in total. The molecule has 0 radical (unpaired) electrons. The molecule has 0 fully saturated rings. The van der Waals surface area contributed by atoms with E-state index >= 15 is 0 Å². The quantitative estimate of drug-likeness (QED) is 0.0297. The Hall–Kier alpha value is -4.70. The first-order chi connectivity index (χ1) is 30.0. The molecule has 63 heavy (non-hydrogen) atoms. The molecule has 0 spiro atoms. The fourth-order valence-electron chi connectivity index (χ4n) is 6.15. The molecule has 0 amide bonds. The lowest BCUT2D eigenvalue weighted by atomic mass is 9.87. The van der Waals surface area contributed by atoms with Crippen LogP contribution in [0.5, 0.6) is 11.5 Å². The lowest BCUT2D eigenvalue weighted by molar-refractivity contribution is -0.269. The molecule has 0 saturated carbocycles. The topological polar surface area (TPSA) is 159 Å². The van der Waals surface area contributed by atoms with Crippen molar-refractivity contribution in [2.45, 2.75) is 90.3 Å². The van der Waals surface area contributed by atoms with Gasteiger partial charge >= 0.3 is 23.8 Å². The summed E-state index contributed by atoms with van der Waals surface area (Å²) in [6.45, 7) is 11.9. The van der Waals surface area contributed by atoms with Crippen LogP contribution in [0.1, 0.15) is 83.8 Å². The second-order valence-corrected chi connectivity index (χ2v) is 18.0. The van der Waals surface area contributed by atoms with Crippen LogP contribution in [-0.4, -0.2) is 76.7 Å². The van der Waals surface area contributed by atoms with Crippen LogP contribution in [-0.2, 0) is 29.7 Å². The third kappa shape index (κ3) is 14.4. The first-order valence-electron chi connectivity index (χ1n) is 20.2. The lowest BCUT2D eigenvalue weighted by Gasteiger charge is -2.37. The van der Waals surface area contributed by atoms with Crippen LogP contribution in [0.3, 0.4) is 0 Å². The zero-order valence-electron chi connectivity index (χ0n) is 36.3. The standard InChI is InChI=1S/C27H34ClN3O3.C18H20BrCl2N3O5/c1-5-9-21(2)27(31-20-29-19-30-31,34-25(32)16-17-26(3,4)18-28)33-24-14-12-23(13-15-24)22-10-7-6-8-11-22;1-18(2,8-19)13(29-17(26)14(20)21)15(24-10-22-9-23-24)28-12-6-4-11(5-7-12)16(25)27-3/h6-8,10-15,19-21H,5,9,16-18H2,1-4H3;4-7,9-10,13-15H,8H2,1-3H3. The van der Waals surface area contributed by atoms with Crippen LogP contribution >= 0.6 is 50.7 Å². The van der Waals surface area contributed by atoms with Gasteiger partial charge in [0, 0.05) is 23.0 Å². The molecule has 4 atom stereocenters. The summed E-state index contributed by atoms with van der Waals surface area (Å²) in [6.07, 6.45) is 6.50. The number of halogens is 4. The number of hydrogen-bond acceptors (Lipinski definition) is 12. The minimum absolute atomic E-state index is 0.167. The van der Waals surface area contributed by atoms with Gasteiger partial charge in [0.15, 0.2) is 6.10 Å². The molecule has 340 valence electrons. The number of rotatable bonds is 21. The molecular formula is C45H54BrCl3N6O8. The van der Waals surface area contributed by atoms with Crippen molar-refractivity contribution in [1.82, 2.24) is 29.5 Å². The van der Waals surface area contributed by atoms with E-state index in [0.717, 1.165) is 24.0 Å². The van der Waals surface area contributed by atoms with Crippen molar-refractivity contribution in [2.24, 2.45) is 16.7 Å². The van der Waals surface area contributed by atoms with E-state index < -0.39 is 40.4 Å². The van der Waals surface area contributed by atoms with Gasteiger partial charge in [-0.15, -0.1) is 11.6 Å². The van der Waals surface area contributed by atoms with Crippen molar-refractivity contribution >= 4 is 68.6 Å². The van der Waals surface area contributed by atoms with Crippen molar-refractivity contribution in [3.8, 4) is 22.6 Å². The van der Waals surface area contributed by atoms with Crippen molar-refractivity contribution < 1.29 is 38.1 Å². The second-order valence-electron chi connectivity index (χ2n) is 16.1. The normalized spacial score (nSPS) is 14.0. The van der Waals surface area contributed by atoms with E-state index in [-0.39, 0.29) is 23.7 Å². The lowest BCUT2D eigenvalue weighted by Crippen LogP contribution is -2.50. The Balaban J connectivity index is 0.000000280. The average molecular weight is 993 g/mol. The SMILES string of the molecule is CCCC(C)C(OC(=O)CCC(C)(C)CCl)(Oc1ccc(-c2ccccc2)cc1)n1cncn1.COC(=O)c1ccc(OC(C(OC(=O)C(Cl)Cl)C(C)(C)CBr)n2cncn2)cc1. The molecule has 2 aromatic heterocycles. The number of carbonyl (C=O) groups is 3. The first-order valence-corrected chi connectivity index (χ1v) is 22.7. The van der Waals surface area contributed by atoms with Crippen LogP contribution in [0.4, 0.5) is 0 Å². The third-order valence-electron chi connectivity index (χ3n) is 9.96. The number of ether oxygens (including phenoxy) is 5. The zero-order valence-corrected chi connectivity index (χ0v) is 40.2. The molecule has 18 heteroatoms. The maximum Gasteiger partial charge on any atom is 0.363 e. The van der Waals surface area contributed by atoms with Crippen LogP contribution in [0.15, 0.2) is 104 Å². The van der Waals surface area contributed by atoms with Gasteiger partial charge in [0.05, 0.1) is 18.6 Å². The van der Waals surface area contributed by atoms with Crippen LogP contribution in [0.2, 0.25) is 0 Å². The maximum absolute atomic E-state index is 13.0. The highest BCUT2D eigenvalue weighted by Crippen LogP contribution is 2.37. The molecule has 0 aliphatic rings. The van der Waals surface area contributed by atoms with Crippen molar-refractivity contribution in [2.75, 3.05) is 18.3 Å². The number of methoxy groups -OCH3 is 1. The first kappa shape index (κ1) is 50.9. The number of hydrogen-bond donors (Lipinski definition) is 0. The maximum atomic E-state index is 13.0. The number of nitrogens with zero attached hydrogens (tertiary/aromatic N) is 6. The highest BCUT2D eigenvalue weighted by Gasteiger charge is 2.46. The molecule has 4 unspecified atom stereocenters. The van der Waals surface area contributed by atoms with Gasteiger partial charge in [0.1, 0.15) is 36.8 Å². The Morgan fingerprint density at radius 2 is 1.46 bits per heavy atom. The van der Waals surface area contributed by atoms with E-state index in [9.17, 15) is 14.4 Å². The summed E-state index contributed by atoms with van der Waals surface area (Å²) in [4.78, 5) is 43.5. The van der Waals surface area contributed by atoms with Crippen LogP contribution in [0.25, 0.3) is 11.1 Å². The van der Waals surface area contributed by atoms with E-state index in [4.69, 9.17) is 53.8 Å². The van der Waals surface area contributed by atoms with Gasteiger partial charge in [-0.1, -0.05) is 130 Å². The number of carbonyl (C=O) groups excluding carboxylic acids is 3. The molecular weight excluding hydrogens is 939 g/mol. The number of alkyl halides is 4. The molecule has 14 nitrogen and oxygen atoms in total. The Morgan fingerprint density at radius 3 is 2.00 bits per heavy atom. The van der Waals surface area contributed by atoms with E-state index in [1.165, 1.54) is 41.8 Å². The number of benzene rings is 3. The van der Waals surface area contributed by atoms with Gasteiger partial charge in [-0.25, -0.2) is 24.2 Å². The average Bonchev–Trinajstić information content (AvgIpc) is 4.04. The highest BCUT2D eigenvalue weighted by molar-refractivity contribution is 9.09. The summed E-state index contributed by atoms with van der Waals surface area (Å²) in [6, 6.07) is 24.2. The predicted octanol–water partition coefficient (Wildman–Crippen LogP) is 10.4. The molecule has 0 aliphatic heterocycles. The zero-order chi connectivity index (χ0) is 46.2. The van der Waals surface area contributed by atoms with E-state index in [2.05, 4.69) is 59.9 Å². The Morgan fingerprint density at radius 1 is 0.841 bits per heavy atom. The van der Waals surface area contributed by atoms with Gasteiger partial charge in [0.2, 0.25) is 11.1 Å². The van der Waals surface area contributed by atoms with Crippen LogP contribution < -0.4 is 9.47 Å². The smallest absolute Gasteiger partial charge is 0.363 e. The van der Waals surface area contributed by atoms with Gasteiger partial charge in [0.25, 0.3) is 0 Å². The van der Waals surface area contributed by atoms with E-state index in [0.29, 0.717) is 34.7 Å². The van der Waals surface area contributed by atoms with E-state index in [1.807, 2.05) is 77.1 Å². The molecule has 0 bridgehead atoms. The monoisotopic (exact) mass is 990 g/mol.